The molecule has 8 nitrogen and oxygen atoms in total. The number of carbonyl (C=O) groups excluding carboxylic acids is 1. The van der Waals surface area contributed by atoms with E-state index < -0.39 is 11.7 Å². The molecule has 8 heteroatoms. The van der Waals surface area contributed by atoms with Gasteiger partial charge < -0.3 is 25.3 Å². The smallest absolute Gasteiger partial charge is 0.408 e. The summed E-state index contributed by atoms with van der Waals surface area (Å²) >= 11 is 0. The molecule has 192 valence electrons. The van der Waals surface area contributed by atoms with Gasteiger partial charge >= 0.3 is 6.09 Å². The van der Waals surface area contributed by atoms with Crippen LogP contribution in [-0.2, 0) is 17.8 Å². The first-order valence-corrected chi connectivity index (χ1v) is 12.5. The van der Waals surface area contributed by atoms with Crippen molar-refractivity contribution >= 4 is 17.1 Å². The summed E-state index contributed by atoms with van der Waals surface area (Å²) in [6.07, 6.45) is 2.36. The lowest BCUT2D eigenvalue weighted by Gasteiger charge is -2.19. The average Bonchev–Trinajstić information content (AvgIpc) is 3.50. The zero-order valence-corrected chi connectivity index (χ0v) is 22.0. The highest BCUT2D eigenvalue weighted by molar-refractivity contribution is 5.77. The maximum Gasteiger partial charge on any atom is 0.408 e. The molecule has 0 saturated carbocycles. The number of benzene rings is 2. The first-order chi connectivity index (χ1) is 17.7. The summed E-state index contributed by atoms with van der Waals surface area (Å²) in [5.74, 6) is 8.05. The van der Waals surface area contributed by atoms with E-state index in [4.69, 9.17) is 4.74 Å². The van der Waals surface area contributed by atoms with E-state index in [1.54, 1.807) is 6.20 Å². The van der Waals surface area contributed by atoms with Crippen LogP contribution < -0.4 is 10.6 Å². The largest absolute Gasteiger partial charge is 0.444 e. The molecule has 1 atom stereocenters. The Balaban J connectivity index is 1.37. The average molecular weight is 499 g/mol. The van der Waals surface area contributed by atoms with Crippen molar-refractivity contribution in [3.8, 4) is 23.1 Å². The highest BCUT2D eigenvalue weighted by atomic mass is 16.6. The minimum absolute atomic E-state index is 0.259. The Labute approximate surface area is 217 Å². The van der Waals surface area contributed by atoms with Gasteiger partial charge in [0.25, 0.3) is 0 Å². The van der Waals surface area contributed by atoms with Crippen molar-refractivity contribution in [3.05, 3.63) is 71.4 Å². The highest BCUT2D eigenvalue weighted by Crippen LogP contribution is 2.18. The third-order valence-corrected chi connectivity index (χ3v) is 5.74. The summed E-state index contributed by atoms with van der Waals surface area (Å²) in [4.78, 5) is 27.5. The number of hydrogen-bond donors (Lipinski definition) is 4. The van der Waals surface area contributed by atoms with Crippen molar-refractivity contribution in [2.75, 3.05) is 0 Å². The Morgan fingerprint density at radius 1 is 1.03 bits per heavy atom. The van der Waals surface area contributed by atoms with Crippen LogP contribution in [-0.4, -0.2) is 37.7 Å². The molecular weight excluding hydrogens is 464 g/mol. The fourth-order valence-corrected chi connectivity index (χ4v) is 3.59. The quantitative estimate of drug-likeness (QED) is 0.260. The summed E-state index contributed by atoms with van der Waals surface area (Å²) in [5.41, 5.74) is 5.08. The second kappa shape index (κ2) is 11.3. The van der Waals surface area contributed by atoms with E-state index in [2.05, 4.69) is 56.3 Å². The third-order valence-electron chi connectivity index (χ3n) is 5.74. The lowest BCUT2D eigenvalue weighted by atomic mass is 10.1. The molecular formula is C29H34N6O2. The Bertz CT molecular complexity index is 1420. The number of ether oxygens (including phenoxy) is 1. The molecule has 0 aliphatic rings. The molecule has 4 N–H and O–H groups in total. The van der Waals surface area contributed by atoms with Gasteiger partial charge in [-0.25, -0.2) is 14.8 Å². The van der Waals surface area contributed by atoms with Gasteiger partial charge in [-0.05, 0) is 70.0 Å². The number of imidazole rings is 2. The molecule has 37 heavy (non-hydrogen) atoms. The highest BCUT2D eigenvalue weighted by Gasteiger charge is 2.16. The van der Waals surface area contributed by atoms with Crippen molar-refractivity contribution in [1.29, 1.82) is 0 Å². The summed E-state index contributed by atoms with van der Waals surface area (Å²) < 4.78 is 5.25. The number of aromatic amines is 2. The SMILES string of the molecule is CCC(C)NCc1nc2ccc(C#Cc3ccc(-c4cnc(CNC(=O)OC(C)(C)C)[nH]4)cc3)cc2[nH]1. The molecule has 0 radical (unpaired) electrons. The maximum absolute atomic E-state index is 11.8. The first kappa shape index (κ1) is 26.0. The van der Waals surface area contributed by atoms with Crippen LogP contribution in [0.2, 0.25) is 0 Å². The van der Waals surface area contributed by atoms with E-state index in [0.29, 0.717) is 11.9 Å². The van der Waals surface area contributed by atoms with Gasteiger partial charge in [-0.1, -0.05) is 30.9 Å². The molecule has 4 rings (SSSR count). The lowest BCUT2D eigenvalue weighted by Crippen LogP contribution is -2.32. The zero-order chi connectivity index (χ0) is 26.4. The van der Waals surface area contributed by atoms with Crippen molar-refractivity contribution in [2.24, 2.45) is 0 Å². The molecule has 2 aromatic carbocycles. The van der Waals surface area contributed by atoms with Crippen molar-refractivity contribution < 1.29 is 9.53 Å². The standard InChI is InChI=1S/C29H34N6O2/c1-6-19(2)30-18-27-33-23-14-11-21(15-24(23)34-27)8-7-20-9-12-22(13-10-20)25-16-31-26(35-25)17-32-28(36)37-29(3,4)5/h9-16,19,30H,6,17-18H2,1-5H3,(H,31,35)(H,32,36)(H,33,34). The molecule has 1 unspecified atom stereocenters. The fraction of sp³-hybridized carbons (Fsp3) is 0.345. The summed E-state index contributed by atoms with van der Waals surface area (Å²) in [5, 5.41) is 6.16. The molecule has 0 spiro atoms. The summed E-state index contributed by atoms with van der Waals surface area (Å²) in [6.45, 7) is 10.8. The number of aromatic nitrogens is 4. The molecule has 0 aliphatic carbocycles. The van der Waals surface area contributed by atoms with E-state index >= 15 is 0 Å². The minimum Gasteiger partial charge on any atom is -0.444 e. The van der Waals surface area contributed by atoms with Gasteiger partial charge in [0.05, 0.1) is 36.0 Å². The minimum atomic E-state index is -0.539. The molecule has 0 aliphatic heterocycles. The van der Waals surface area contributed by atoms with Crippen LogP contribution in [0.1, 0.15) is 63.8 Å². The Morgan fingerprint density at radius 3 is 2.49 bits per heavy atom. The molecule has 0 bridgehead atoms. The van der Waals surface area contributed by atoms with E-state index in [0.717, 1.165) is 52.2 Å². The molecule has 0 fully saturated rings. The third kappa shape index (κ3) is 7.45. The van der Waals surface area contributed by atoms with Crippen LogP contribution in [0, 0.1) is 11.8 Å². The zero-order valence-electron chi connectivity index (χ0n) is 22.0. The molecule has 4 aromatic rings. The topological polar surface area (TPSA) is 108 Å². The first-order valence-electron chi connectivity index (χ1n) is 12.5. The second-order valence-electron chi connectivity index (χ2n) is 10.0. The number of alkyl carbamates (subject to hydrolysis) is 1. The maximum atomic E-state index is 11.8. The number of H-pyrrole nitrogens is 2. The van der Waals surface area contributed by atoms with Gasteiger partial charge in [-0.3, -0.25) is 0 Å². The van der Waals surface area contributed by atoms with E-state index in [1.807, 2.05) is 63.2 Å². The van der Waals surface area contributed by atoms with Gasteiger partial charge in [-0.15, -0.1) is 0 Å². The van der Waals surface area contributed by atoms with Crippen molar-refractivity contribution in [1.82, 2.24) is 30.6 Å². The van der Waals surface area contributed by atoms with E-state index in [9.17, 15) is 4.79 Å². The summed E-state index contributed by atoms with van der Waals surface area (Å²) in [7, 11) is 0. The predicted molar refractivity (Wildman–Crippen MR) is 146 cm³/mol. The number of carbonyl (C=O) groups is 1. The van der Waals surface area contributed by atoms with Gasteiger partial charge in [0.15, 0.2) is 0 Å². The van der Waals surface area contributed by atoms with Gasteiger partial charge in [0, 0.05) is 17.2 Å². The van der Waals surface area contributed by atoms with Crippen LogP contribution in [0.4, 0.5) is 4.79 Å². The van der Waals surface area contributed by atoms with Crippen LogP contribution >= 0.6 is 0 Å². The van der Waals surface area contributed by atoms with E-state index in [-0.39, 0.29) is 6.54 Å². The number of nitrogens with one attached hydrogen (secondary N) is 4. The van der Waals surface area contributed by atoms with Gasteiger partial charge in [-0.2, -0.15) is 0 Å². The van der Waals surface area contributed by atoms with Crippen LogP contribution in [0.25, 0.3) is 22.3 Å². The molecule has 0 saturated heterocycles. The van der Waals surface area contributed by atoms with Crippen molar-refractivity contribution in [2.45, 2.75) is 65.8 Å². The van der Waals surface area contributed by atoms with Crippen LogP contribution in [0.3, 0.4) is 0 Å². The summed E-state index contributed by atoms with van der Waals surface area (Å²) in [6, 6.07) is 14.4. The Hall–Kier alpha value is -4.09. The monoisotopic (exact) mass is 498 g/mol. The number of amides is 1. The van der Waals surface area contributed by atoms with Crippen LogP contribution in [0.5, 0.6) is 0 Å². The second-order valence-corrected chi connectivity index (χ2v) is 10.0. The lowest BCUT2D eigenvalue weighted by molar-refractivity contribution is 0.0522. The Morgan fingerprint density at radius 2 is 1.76 bits per heavy atom. The number of fused-ring (bicyclic) bond motifs is 1. The van der Waals surface area contributed by atoms with Crippen molar-refractivity contribution in [3.63, 3.8) is 0 Å². The van der Waals surface area contributed by atoms with Gasteiger partial charge in [0.2, 0.25) is 0 Å². The Kier molecular flexibility index (Phi) is 7.95. The number of nitrogens with zero attached hydrogens (tertiary/aromatic N) is 2. The number of rotatable bonds is 7. The molecule has 1 amide bonds. The van der Waals surface area contributed by atoms with Gasteiger partial charge in [0.1, 0.15) is 17.2 Å². The fourth-order valence-electron chi connectivity index (χ4n) is 3.59. The van der Waals surface area contributed by atoms with Crippen LogP contribution in [0.15, 0.2) is 48.7 Å². The molecule has 2 aromatic heterocycles. The number of hydrogen-bond acceptors (Lipinski definition) is 5. The predicted octanol–water partition coefficient (Wildman–Crippen LogP) is 5.27. The van der Waals surface area contributed by atoms with E-state index in [1.165, 1.54) is 0 Å². The molecule has 2 heterocycles. The normalized spacial score (nSPS) is 12.1.